The number of benzene rings is 1. The van der Waals surface area contributed by atoms with Crippen LogP contribution in [-0.4, -0.2) is 34.8 Å². The Bertz CT molecular complexity index is 1310. The van der Waals surface area contributed by atoms with Crippen LogP contribution < -0.4 is 15.0 Å². The van der Waals surface area contributed by atoms with E-state index in [1.807, 2.05) is 12.1 Å². The molecule has 2 aromatic heterocycles. The van der Waals surface area contributed by atoms with Crippen LogP contribution in [0.2, 0.25) is 0 Å². The van der Waals surface area contributed by atoms with Crippen molar-refractivity contribution in [2.75, 3.05) is 14.2 Å². The van der Waals surface area contributed by atoms with Crippen LogP contribution in [0.1, 0.15) is 36.5 Å². The van der Waals surface area contributed by atoms with Gasteiger partial charge in [-0.25, -0.2) is 4.98 Å². The zero-order chi connectivity index (χ0) is 21.9. The number of methoxy groups -OCH3 is 2. The molecule has 4 heterocycles. The van der Waals surface area contributed by atoms with Gasteiger partial charge < -0.3 is 23.9 Å². The van der Waals surface area contributed by atoms with Crippen molar-refractivity contribution in [2.24, 2.45) is 0 Å². The van der Waals surface area contributed by atoms with E-state index in [-0.39, 0.29) is 25.0 Å². The van der Waals surface area contributed by atoms with Crippen LogP contribution >= 0.6 is 0 Å². The van der Waals surface area contributed by atoms with Gasteiger partial charge in [0.1, 0.15) is 12.2 Å². The van der Waals surface area contributed by atoms with E-state index in [1.165, 1.54) is 0 Å². The lowest BCUT2D eigenvalue weighted by Crippen LogP contribution is -2.32. The second-order valence-electron chi connectivity index (χ2n) is 7.93. The zero-order valence-electron chi connectivity index (χ0n) is 17.5. The maximum Gasteiger partial charge on any atom is 0.309 e. The summed E-state index contributed by atoms with van der Waals surface area (Å²) in [6.07, 6.45) is 0.0986. The van der Waals surface area contributed by atoms with Gasteiger partial charge in [-0.3, -0.25) is 9.59 Å². The summed E-state index contributed by atoms with van der Waals surface area (Å²) in [7, 11) is 3.14. The van der Waals surface area contributed by atoms with Gasteiger partial charge in [0, 0.05) is 17.0 Å². The summed E-state index contributed by atoms with van der Waals surface area (Å²) in [5.74, 6) is 0.650. The highest BCUT2D eigenvalue weighted by Gasteiger charge is 2.39. The topological polar surface area (TPSA) is 99.9 Å². The number of aromatic nitrogens is 2. The Morgan fingerprint density at radius 2 is 1.90 bits per heavy atom. The number of hydrogen-bond donors (Lipinski definition) is 1. The Morgan fingerprint density at radius 1 is 1.16 bits per heavy atom. The third kappa shape index (κ3) is 2.82. The molecule has 2 aliphatic heterocycles. The molecular formula is C23H22N2O6. The molecule has 0 radical (unpaired) electrons. The van der Waals surface area contributed by atoms with E-state index in [1.54, 1.807) is 37.8 Å². The number of fused-ring (bicyclic) bond motifs is 5. The first kappa shape index (κ1) is 19.6. The van der Waals surface area contributed by atoms with Crippen LogP contribution in [0.5, 0.6) is 11.5 Å². The number of esters is 1. The lowest BCUT2D eigenvalue weighted by molar-refractivity contribution is -0.149. The van der Waals surface area contributed by atoms with Crippen LogP contribution in [0.25, 0.3) is 22.3 Å². The molecule has 0 amide bonds. The molecule has 1 unspecified atom stereocenters. The number of carbonyl (C=O) groups is 1. The summed E-state index contributed by atoms with van der Waals surface area (Å²) < 4.78 is 17.6. The molecule has 0 fully saturated rings. The van der Waals surface area contributed by atoms with Crippen LogP contribution in [-0.2, 0) is 28.3 Å². The minimum Gasteiger partial charge on any atom is -0.493 e. The number of aliphatic hydroxyl groups is 1. The molecule has 0 bridgehead atoms. The molecule has 160 valence electrons. The average molecular weight is 422 g/mol. The Balaban J connectivity index is 1.75. The summed E-state index contributed by atoms with van der Waals surface area (Å²) >= 11 is 0. The third-order valence-electron chi connectivity index (χ3n) is 6.27. The van der Waals surface area contributed by atoms with Crippen LogP contribution in [0.4, 0.5) is 0 Å². The lowest BCUT2D eigenvalue weighted by atomic mass is 9.85. The number of cyclic esters (lactones) is 1. The lowest BCUT2D eigenvalue weighted by Gasteiger charge is -2.26. The van der Waals surface area contributed by atoms with Crippen LogP contribution in [0.3, 0.4) is 0 Å². The molecule has 1 N–H and O–H groups in total. The van der Waals surface area contributed by atoms with E-state index < -0.39 is 11.6 Å². The van der Waals surface area contributed by atoms with Gasteiger partial charge in [0.05, 0.1) is 49.7 Å². The van der Waals surface area contributed by atoms with Crippen molar-refractivity contribution in [3.05, 3.63) is 51.3 Å². The first-order chi connectivity index (χ1) is 14.9. The quantitative estimate of drug-likeness (QED) is 0.506. The number of ether oxygens (including phenoxy) is 3. The molecular weight excluding hydrogens is 400 g/mol. The van der Waals surface area contributed by atoms with E-state index in [0.717, 1.165) is 10.9 Å². The van der Waals surface area contributed by atoms with Gasteiger partial charge in [0.2, 0.25) is 0 Å². The van der Waals surface area contributed by atoms with Gasteiger partial charge in [-0.15, -0.1) is 0 Å². The Kier molecular flexibility index (Phi) is 4.30. The van der Waals surface area contributed by atoms with Crippen molar-refractivity contribution in [3.63, 3.8) is 0 Å². The second-order valence-corrected chi connectivity index (χ2v) is 7.93. The Labute approximate surface area is 178 Å². The molecule has 3 aromatic rings. The predicted molar refractivity (Wildman–Crippen MR) is 112 cm³/mol. The van der Waals surface area contributed by atoms with Gasteiger partial charge in [-0.2, -0.15) is 0 Å². The highest BCUT2D eigenvalue weighted by molar-refractivity contribution is 5.87. The molecule has 5 rings (SSSR count). The molecule has 0 saturated carbocycles. The molecule has 0 aliphatic carbocycles. The molecule has 0 saturated heterocycles. The standard InChI is InChI=1S/C23H22N2O6/c1-4-23(28)9-20(26)31-11-14-15(23)7-17-21-13(10-25(17)22(14)27)5-12-6-18(29-2)19(30-3)8-16(12)24-21/h5-8,28H,4,9-11H2,1-3H3. The van der Waals surface area contributed by atoms with E-state index in [2.05, 4.69) is 0 Å². The van der Waals surface area contributed by atoms with Gasteiger partial charge >= 0.3 is 5.97 Å². The highest BCUT2D eigenvalue weighted by atomic mass is 16.5. The molecule has 31 heavy (non-hydrogen) atoms. The number of pyridine rings is 2. The molecule has 2 aliphatic rings. The van der Waals surface area contributed by atoms with Crippen molar-refractivity contribution in [1.82, 2.24) is 9.55 Å². The zero-order valence-corrected chi connectivity index (χ0v) is 17.5. The average Bonchev–Trinajstić information content (AvgIpc) is 3.06. The van der Waals surface area contributed by atoms with Crippen molar-refractivity contribution in [2.45, 2.75) is 38.5 Å². The van der Waals surface area contributed by atoms with Gasteiger partial charge in [-0.1, -0.05) is 6.92 Å². The predicted octanol–water partition coefficient (Wildman–Crippen LogP) is 2.49. The largest absolute Gasteiger partial charge is 0.493 e. The molecule has 1 atom stereocenters. The molecule has 8 heteroatoms. The summed E-state index contributed by atoms with van der Waals surface area (Å²) in [5, 5.41) is 12.1. The minimum atomic E-state index is -1.45. The van der Waals surface area contributed by atoms with E-state index in [4.69, 9.17) is 19.2 Å². The molecule has 8 nitrogen and oxygen atoms in total. The summed E-state index contributed by atoms with van der Waals surface area (Å²) in [4.78, 5) is 30.2. The van der Waals surface area contributed by atoms with E-state index in [0.29, 0.717) is 46.1 Å². The number of nitrogens with zero attached hydrogens (tertiary/aromatic N) is 2. The number of rotatable bonds is 3. The van der Waals surface area contributed by atoms with Crippen LogP contribution in [0.15, 0.2) is 29.1 Å². The SMILES string of the molecule is CCC1(O)CC(=O)OCc2c1cc1n(c2=O)Cc2cc3cc(OC)c(OC)cc3nc2-1. The van der Waals surface area contributed by atoms with Gasteiger partial charge in [0.25, 0.3) is 5.56 Å². The fourth-order valence-corrected chi connectivity index (χ4v) is 4.51. The third-order valence-corrected chi connectivity index (χ3v) is 6.27. The highest BCUT2D eigenvalue weighted by Crippen LogP contribution is 2.40. The van der Waals surface area contributed by atoms with Crippen molar-refractivity contribution >= 4 is 16.9 Å². The van der Waals surface area contributed by atoms with Crippen molar-refractivity contribution in [1.29, 1.82) is 0 Å². The van der Waals surface area contributed by atoms with Crippen molar-refractivity contribution < 1.29 is 24.1 Å². The first-order valence-corrected chi connectivity index (χ1v) is 10.1. The maximum atomic E-state index is 13.3. The number of carbonyl (C=O) groups excluding carboxylic acids is 1. The summed E-state index contributed by atoms with van der Waals surface area (Å²) in [6, 6.07) is 7.43. The Hall–Kier alpha value is -3.39. The summed E-state index contributed by atoms with van der Waals surface area (Å²) in [6.45, 7) is 1.99. The molecule has 1 aromatic carbocycles. The Morgan fingerprint density at radius 3 is 2.61 bits per heavy atom. The van der Waals surface area contributed by atoms with Crippen LogP contribution in [0, 0.1) is 0 Å². The first-order valence-electron chi connectivity index (χ1n) is 10.1. The smallest absolute Gasteiger partial charge is 0.309 e. The molecule has 0 spiro atoms. The van der Waals surface area contributed by atoms with E-state index in [9.17, 15) is 14.7 Å². The second kappa shape index (κ2) is 6.81. The van der Waals surface area contributed by atoms with Crippen molar-refractivity contribution in [3.8, 4) is 22.9 Å². The summed E-state index contributed by atoms with van der Waals surface area (Å²) in [5.41, 5.74) is 1.94. The fourth-order valence-electron chi connectivity index (χ4n) is 4.51. The van der Waals surface area contributed by atoms with Gasteiger partial charge in [0.15, 0.2) is 11.5 Å². The van der Waals surface area contributed by atoms with Gasteiger partial charge in [-0.05, 0) is 30.2 Å². The maximum absolute atomic E-state index is 13.3. The minimum absolute atomic E-state index is 0.143. The van der Waals surface area contributed by atoms with E-state index >= 15 is 0 Å². The normalized spacial score (nSPS) is 19.3. The number of hydrogen-bond acceptors (Lipinski definition) is 7. The fraction of sp³-hybridized carbons (Fsp3) is 0.348. The monoisotopic (exact) mass is 422 g/mol.